The minimum Gasteiger partial charge on any atom is -0.480 e. The van der Waals surface area contributed by atoms with Crippen LogP contribution in [0, 0.1) is 11.3 Å². The third-order valence-corrected chi connectivity index (χ3v) is 8.94. The van der Waals surface area contributed by atoms with E-state index < -0.39 is 39.9 Å². The number of esters is 2. The van der Waals surface area contributed by atoms with Gasteiger partial charge in [0.05, 0.1) is 42.2 Å². The van der Waals surface area contributed by atoms with Crippen LogP contribution in [-0.2, 0) is 33.9 Å². The highest BCUT2D eigenvalue weighted by molar-refractivity contribution is 7.89. The Morgan fingerprint density at radius 3 is 2.32 bits per heavy atom. The summed E-state index contributed by atoms with van der Waals surface area (Å²) in [4.78, 5) is 39.1. The number of anilines is 1. The molecule has 3 N–H and O–H groups in total. The summed E-state index contributed by atoms with van der Waals surface area (Å²) in [5.41, 5.74) is 6.32. The minimum atomic E-state index is -4.31. The molecule has 13 heteroatoms. The Kier molecular flexibility index (Phi) is 8.46. The molecule has 12 nitrogen and oxygen atoms in total. The highest BCUT2D eigenvalue weighted by atomic mass is 32.2. The Bertz CT molecular complexity index is 1590. The lowest BCUT2D eigenvalue weighted by Crippen LogP contribution is -2.47. The van der Waals surface area contributed by atoms with Crippen LogP contribution in [-0.4, -0.2) is 62.5 Å². The van der Waals surface area contributed by atoms with Gasteiger partial charge < -0.3 is 20.3 Å². The van der Waals surface area contributed by atoms with Crippen molar-refractivity contribution in [1.29, 1.82) is 5.26 Å². The van der Waals surface area contributed by atoms with E-state index in [1.807, 2.05) is 6.07 Å². The van der Waals surface area contributed by atoms with Crippen LogP contribution in [0.25, 0.3) is 0 Å². The molecule has 41 heavy (non-hydrogen) atoms. The number of nitrogens with two attached hydrogens (primary N) is 1. The smallest absolute Gasteiger partial charge is 0.355 e. The van der Waals surface area contributed by atoms with E-state index in [-0.39, 0.29) is 46.2 Å². The molecule has 214 valence electrons. The van der Waals surface area contributed by atoms with Gasteiger partial charge >= 0.3 is 17.9 Å². The van der Waals surface area contributed by atoms with E-state index in [0.717, 1.165) is 23.4 Å². The number of carbonyl (C=O) groups excluding carboxylic acids is 2. The molecule has 1 fully saturated rings. The van der Waals surface area contributed by atoms with E-state index in [4.69, 9.17) is 15.2 Å². The highest BCUT2D eigenvalue weighted by Gasteiger charge is 2.43. The van der Waals surface area contributed by atoms with Gasteiger partial charge in [-0.2, -0.15) is 9.57 Å². The lowest BCUT2D eigenvalue weighted by Gasteiger charge is -2.36. The molecule has 0 spiro atoms. The van der Waals surface area contributed by atoms with Gasteiger partial charge in [0.1, 0.15) is 17.6 Å². The topological polar surface area (TPSA) is 180 Å². The zero-order valence-electron chi connectivity index (χ0n) is 22.3. The van der Waals surface area contributed by atoms with Crippen molar-refractivity contribution in [2.24, 2.45) is 5.73 Å². The number of piperidine rings is 1. The fourth-order valence-corrected chi connectivity index (χ4v) is 6.83. The number of benzene rings is 2. The van der Waals surface area contributed by atoms with Gasteiger partial charge in [-0.05, 0) is 43.0 Å². The lowest BCUT2D eigenvalue weighted by molar-refractivity contribution is -0.142. The standard InChI is InChI=1S/C28H28N4O8S/c1-39-27(35)23-22(17-9-4-3-5-10-17)20(16-29)25(30)32(24(23)28(36)40-2)18-11-8-12-19(15-18)41(37,38)31-14-7-6-13-21(31)26(33)34/h3-5,8-12,15,21-22H,6-7,13-14,30H2,1-2H3,(H,33,34). The number of ether oxygens (including phenoxy) is 2. The fourth-order valence-electron chi connectivity index (χ4n) is 5.14. The number of methoxy groups -OCH3 is 2. The van der Waals surface area contributed by atoms with Crippen LogP contribution in [0.4, 0.5) is 5.69 Å². The normalized spacial score (nSPS) is 19.9. The molecule has 2 unspecified atom stereocenters. The summed E-state index contributed by atoms with van der Waals surface area (Å²) in [6.07, 6.45) is 1.23. The first-order valence-corrected chi connectivity index (χ1v) is 14.0. The maximum Gasteiger partial charge on any atom is 0.355 e. The number of hydrogen-bond acceptors (Lipinski definition) is 10. The minimum absolute atomic E-state index is 0.0203. The molecule has 2 aliphatic rings. The summed E-state index contributed by atoms with van der Waals surface area (Å²) in [5.74, 6) is -4.48. The molecular weight excluding hydrogens is 552 g/mol. The fraction of sp³-hybridized carbons (Fsp3) is 0.286. The zero-order valence-corrected chi connectivity index (χ0v) is 23.1. The summed E-state index contributed by atoms with van der Waals surface area (Å²) < 4.78 is 38.2. The van der Waals surface area contributed by atoms with Crippen LogP contribution >= 0.6 is 0 Å². The second-order valence-electron chi connectivity index (χ2n) is 9.30. The second-order valence-corrected chi connectivity index (χ2v) is 11.2. The zero-order chi connectivity index (χ0) is 29.9. The molecule has 0 radical (unpaired) electrons. The monoisotopic (exact) mass is 580 g/mol. The lowest BCUT2D eigenvalue weighted by atomic mass is 9.81. The van der Waals surface area contributed by atoms with Gasteiger partial charge in [0, 0.05) is 12.2 Å². The molecule has 2 atom stereocenters. The molecule has 0 bridgehead atoms. The van der Waals surface area contributed by atoms with Crippen molar-refractivity contribution < 1.29 is 37.4 Å². The Balaban J connectivity index is 1.96. The molecule has 4 rings (SSSR count). The van der Waals surface area contributed by atoms with Gasteiger partial charge in [0.15, 0.2) is 0 Å². The van der Waals surface area contributed by atoms with Crippen molar-refractivity contribution in [2.75, 3.05) is 25.7 Å². The predicted molar refractivity (Wildman–Crippen MR) is 145 cm³/mol. The number of nitrogens with zero attached hydrogens (tertiary/aromatic N) is 3. The van der Waals surface area contributed by atoms with E-state index in [9.17, 15) is 33.2 Å². The average Bonchev–Trinajstić information content (AvgIpc) is 2.99. The summed E-state index contributed by atoms with van der Waals surface area (Å²) >= 11 is 0. The van der Waals surface area contributed by atoms with Crippen LogP contribution in [0.2, 0.25) is 0 Å². The van der Waals surface area contributed by atoms with Crippen LogP contribution in [0.1, 0.15) is 30.7 Å². The number of nitriles is 1. The molecule has 0 saturated carbocycles. The number of sulfonamides is 1. The van der Waals surface area contributed by atoms with Crippen LogP contribution in [0.5, 0.6) is 0 Å². The van der Waals surface area contributed by atoms with Crippen molar-refractivity contribution in [3.05, 3.63) is 82.8 Å². The second kappa shape index (κ2) is 11.8. The number of aliphatic carboxylic acids is 1. The number of carboxylic acids is 1. The molecule has 0 aromatic heterocycles. The van der Waals surface area contributed by atoms with Crippen LogP contribution in [0.3, 0.4) is 0 Å². The maximum absolute atomic E-state index is 13.6. The average molecular weight is 581 g/mol. The number of allylic oxidation sites excluding steroid dienone is 1. The molecule has 2 heterocycles. The molecule has 2 aliphatic heterocycles. The summed E-state index contributed by atoms with van der Waals surface area (Å²) in [5, 5.41) is 19.8. The van der Waals surface area contributed by atoms with Gasteiger partial charge in [-0.25, -0.2) is 18.0 Å². The number of carboxylic acid groups (broad SMARTS) is 1. The summed E-state index contributed by atoms with van der Waals surface area (Å²) in [7, 11) is -2.09. The Hall–Kier alpha value is -4.67. The quantitative estimate of drug-likeness (QED) is 0.458. The van der Waals surface area contributed by atoms with E-state index in [1.165, 1.54) is 24.3 Å². The molecule has 2 aromatic rings. The Labute approximate surface area is 236 Å². The summed E-state index contributed by atoms with van der Waals surface area (Å²) in [6.45, 7) is 0.0203. The van der Waals surface area contributed by atoms with Crippen molar-refractivity contribution in [1.82, 2.24) is 4.31 Å². The first-order valence-electron chi connectivity index (χ1n) is 12.6. The van der Waals surface area contributed by atoms with Crippen molar-refractivity contribution in [3.8, 4) is 6.07 Å². The third-order valence-electron chi connectivity index (χ3n) is 7.03. The van der Waals surface area contributed by atoms with Gasteiger partial charge in [-0.1, -0.05) is 36.4 Å². The Morgan fingerprint density at radius 2 is 1.71 bits per heavy atom. The van der Waals surface area contributed by atoms with Gasteiger partial charge in [-0.15, -0.1) is 0 Å². The molecule has 2 aromatic carbocycles. The molecule has 0 amide bonds. The highest BCUT2D eigenvalue weighted by Crippen LogP contribution is 2.43. The van der Waals surface area contributed by atoms with Crippen LogP contribution < -0.4 is 10.6 Å². The maximum atomic E-state index is 13.6. The van der Waals surface area contributed by atoms with E-state index in [0.29, 0.717) is 18.4 Å². The third kappa shape index (κ3) is 5.27. The Morgan fingerprint density at radius 1 is 1.02 bits per heavy atom. The number of carbonyl (C=O) groups is 3. The first-order chi connectivity index (χ1) is 19.6. The largest absolute Gasteiger partial charge is 0.480 e. The van der Waals surface area contributed by atoms with E-state index in [1.54, 1.807) is 30.3 Å². The van der Waals surface area contributed by atoms with Crippen LogP contribution in [0.15, 0.2) is 82.2 Å². The molecule has 0 aliphatic carbocycles. The molecule has 1 saturated heterocycles. The predicted octanol–water partition coefficient (Wildman–Crippen LogP) is 2.21. The number of hydrogen-bond donors (Lipinski definition) is 2. The number of rotatable bonds is 7. The van der Waals surface area contributed by atoms with Crippen molar-refractivity contribution >= 4 is 33.6 Å². The first kappa shape index (κ1) is 29.3. The van der Waals surface area contributed by atoms with E-state index >= 15 is 0 Å². The van der Waals surface area contributed by atoms with Gasteiger partial charge in [-0.3, -0.25) is 9.69 Å². The SMILES string of the molecule is COC(=O)C1=C(C(=O)OC)N(c2cccc(S(=O)(=O)N3CCCCC3C(=O)O)c2)C(N)=C(C#N)C1c1ccccc1. The summed E-state index contributed by atoms with van der Waals surface area (Å²) in [6, 6.07) is 14.6. The molecular formula is C28H28N4O8S. The van der Waals surface area contributed by atoms with Gasteiger partial charge in [0.25, 0.3) is 0 Å². The van der Waals surface area contributed by atoms with Gasteiger partial charge in [0.2, 0.25) is 10.0 Å². The van der Waals surface area contributed by atoms with E-state index in [2.05, 4.69) is 0 Å². The van der Waals surface area contributed by atoms with Crippen molar-refractivity contribution in [2.45, 2.75) is 36.1 Å². The van der Waals surface area contributed by atoms with Crippen molar-refractivity contribution in [3.63, 3.8) is 0 Å².